The number of amides is 3. The lowest BCUT2D eigenvalue weighted by Gasteiger charge is -2.24. The number of hydrogen-bond donors (Lipinski definition) is 3. The molecule has 1 atom stereocenters. The van der Waals surface area contributed by atoms with Crippen molar-refractivity contribution in [2.75, 3.05) is 13.1 Å². The monoisotopic (exact) mass is 500 g/mol. The zero-order valence-electron chi connectivity index (χ0n) is 22.1. The average molecular weight is 501 g/mol. The molecule has 0 radical (unpaired) electrons. The number of hydrogen-bond acceptors (Lipinski definition) is 4. The molecule has 7 nitrogen and oxygen atoms in total. The molecule has 0 saturated carbocycles. The molecule has 0 aromatic heterocycles. The summed E-state index contributed by atoms with van der Waals surface area (Å²) < 4.78 is 0. The number of carbonyl (C=O) groups excluding carboxylic acids is 3. The van der Waals surface area contributed by atoms with Crippen molar-refractivity contribution in [3.8, 4) is 0 Å². The predicted octanol–water partition coefficient (Wildman–Crippen LogP) is 5.27. The number of nitrogens with one attached hydrogen (secondary N) is 1. The van der Waals surface area contributed by atoms with Crippen molar-refractivity contribution in [1.29, 1.82) is 0 Å². The summed E-state index contributed by atoms with van der Waals surface area (Å²) in [6, 6.07) is 6.96. The summed E-state index contributed by atoms with van der Waals surface area (Å²) >= 11 is 0. The van der Waals surface area contributed by atoms with E-state index in [2.05, 4.69) is 5.32 Å². The van der Waals surface area contributed by atoms with Crippen molar-refractivity contribution < 1.29 is 14.4 Å². The highest BCUT2D eigenvalue weighted by molar-refractivity contribution is 5.97. The first kappa shape index (κ1) is 29.8. The maximum atomic E-state index is 13.0. The Labute approximate surface area is 217 Å². The topological polar surface area (TPSA) is 119 Å². The van der Waals surface area contributed by atoms with Gasteiger partial charge in [0.2, 0.25) is 5.91 Å². The summed E-state index contributed by atoms with van der Waals surface area (Å²) in [6.07, 6.45) is 17.9. The molecule has 2 rings (SSSR count). The van der Waals surface area contributed by atoms with Gasteiger partial charge in [0.15, 0.2) is 0 Å². The molecule has 0 spiro atoms. The van der Waals surface area contributed by atoms with Crippen LogP contribution in [0.15, 0.2) is 24.3 Å². The van der Waals surface area contributed by atoms with Crippen LogP contribution in [0.5, 0.6) is 0 Å². The lowest BCUT2D eigenvalue weighted by molar-refractivity contribution is -0.118. The van der Waals surface area contributed by atoms with Crippen LogP contribution in [0.1, 0.15) is 130 Å². The van der Waals surface area contributed by atoms with E-state index in [1.54, 1.807) is 24.3 Å². The Bertz CT molecular complexity index is 771. The Morgan fingerprint density at radius 1 is 0.722 bits per heavy atom. The van der Waals surface area contributed by atoms with E-state index in [9.17, 15) is 14.4 Å². The average Bonchev–Trinajstić information content (AvgIpc) is 2.87. The molecule has 1 aromatic carbocycles. The molecule has 1 unspecified atom stereocenters. The smallest absolute Gasteiger partial charge is 0.253 e. The van der Waals surface area contributed by atoms with Crippen LogP contribution in [-0.2, 0) is 4.79 Å². The third kappa shape index (κ3) is 12.5. The summed E-state index contributed by atoms with van der Waals surface area (Å²) in [5.41, 5.74) is 12.4. The molecular formula is C29H48N4O3. The zero-order chi connectivity index (χ0) is 26.0. The van der Waals surface area contributed by atoms with E-state index in [0.717, 1.165) is 70.9 Å². The SMILES string of the molecule is NC(=O)CCCCCCCCCCC(N)NC(=O)c1ccc(C(=O)N2CCCCCCCCC2)cc1. The molecule has 1 aliphatic rings. The van der Waals surface area contributed by atoms with Crippen molar-refractivity contribution >= 4 is 17.7 Å². The first-order chi connectivity index (χ1) is 17.5. The van der Waals surface area contributed by atoms with Crippen molar-refractivity contribution in [3.63, 3.8) is 0 Å². The number of rotatable bonds is 14. The van der Waals surface area contributed by atoms with Gasteiger partial charge in [0, 0.05) is 30.6 Å². The highest BCUT2D eigenvalue weighted by Crippen LogP contribution is 2.15. The first-order valence-corrected chi connectivity index (χ1v) is 14.2. The minimum atomic E-state index is -0.373. The van der Waals surface area contributed by atoms with Gasteiger partial charge in [-0.05, 0) is 49.9 Å². The predicted molar refractivity (Wildman–Crippen MR) is 145 cm³/mol. The maximum absolute atomic E-state index is 13.0. The Kier molecular flexibility index (Phi) is 14.9. The molecule has 7 heteroatoms. The molecule has 1 saturated heterocycles. The maximum Gasteiger partial charge on any atom is 0.253 e. The van der Waals surface area contributed by atoms with Gasteiger partial charge in [0.05, 0.1) is 6.17 Å². The van der Waals surface area contributed by atoms with Crippen molar-refractivity contribution in [2.45, 2.75) is 115 Å². The van der Waals surface area contributed by atoms with Crippen LogP contribution < -0.4 is 16.8 Å². The van der Waals surface area contributed by atoms with Gasteiger partial charge in [-0.15, -0.1) is 0 Å². The van der Waals surface area contributed by atoms with E-state index >= 15 is 0 Å². The van der Waals surface area contributed by atoms with Gasteiger partial charge in [-0.2, -0.15) is 0 Å². The molecule has 1 aromatic rings. The molecule has 1 heterocycles. The zero-order valence-corrected chi connectivity index (χ0v) is 22.1. The fourth-order valence-electron chi connectivity index (χ4n) is 4.80. The van der Waals surface area contributed by atoms with Gasteiger partial charge < -0.3 is 21.7 Å². The van der Waals surface area contributed by atoms with Crippen molar-refractivity contribution in [2.24, 2.45) is 11.5 Å². The van der Waals surface area contributed by atoms with Gasteiger partial charge >= 0.3 is 0 Å². The Hall–Kier alpha value is -2.41. The normalized spacial score (nSPS) is 15.8. The quantitative estimate of drug-likeness (QED) is 0.238. The number of primary amides is 1. The van der Waals surface area contributed by atoms with Crippen molar-refractivity contribution in [1.82, 2.24) is 10.2 Å². The van der Waals surface area contributed by atoms with Crippen LogP contribution in [0.2, 0.25) is 0 Å². The standard InChI is InChI=1S/C29H48N4O3/c30-26(16-12-8-4-1-2-5-9-13-17-27(31)34)32-28(35)24-18-20-25(21-19-24)29(36)33-22-14-10-6-3-7-11-15-23-33/h18-21,26H,1-17,22-23,30H2,(H2,31,34)(H,32,35). The fraction of sp³-hybridized carbons (Fsp3) is 0.690. The molecule has 1 aliphatic heterocycles. The van der Waals surface area contributed by atoms with Crippen molar-refractivity contribution in [3.05, 3.63) is 35.4 Å². The van der Waals surface area contributed by atoms with E-state index in [1.165, 1.54) is 44.9 Å². The molecule has 5 N–H and O–H groups in total. The molecule has 3 amide bonds. The molecular weight excluding hydrogens is 452 g/mol. The highest BCUT2D eigenvalue weighted by atomic mass is 16.2. The van der Waals surface area contributed by atoms with E-state index in [4.69, 9.17) is 11.5 Å². The van der Waals surface area contributed by atoms with Gasteiger partial charge in [0.1, 0.15) is 0 Å². The van der Waals surface area contributed by atoms with Gasteiger partial charge in [-0.1, -0.05) is 77.0 Å². The second-order valence-electron chi connectivity index (χ2n) is 10.3. The van der Waals surface area contributed by atoms with Gasteiger partial charge in [-0.25, -0.2) is 0 Å². The number of carbonyl (C=O) groups is 3. The second-order valence-corrected chi connectivity index (χ2v) is 10.3. The second kappa shape index (κ2) is 17.9. The molecule has 36 heavy (non-hydrogen) atoms. The van der Waals surface area contributed by atoms with Crippen LogP contribution in [-0.4, -0.2) is 41.9 Å². The van der Waals surface area contributed by atoms with Crippen LogP contribution in [0.3, 0.4) is 0 Å². The number of unbranched alkanes of at least 4 members (excludes halogenated alkanes) is 7. The molecule has 202 valence electrons. The number of nitrogens with two attached hydrogens (primary N) is 2. The largest absolute Gasteiger partial charge is 0.370 e. The lowest BCUT2D eigenvalue weighted by Crippen LogP contribution is -2.41. The summed E-state index contributed by atoms with van der Waals surface area (Å²) in [5, 5.41) is 2.88. The van der Waals surface area contributed by atoms with E-state index in [-0.39, 0.29) is 23.9 Å². The van der Waals surface area contributed by atoms with Gasteiger partial charge in [-0.3, -0.25) is 14.4 Å². The number of nitrogens with zero attached hydrogens (tertiary/aromatic N) is 1. The Balaban J connectivity index is 1.64. The summed E-state index contributed by atoms with van der Waals surface area (Å²) in [6.45, 7) is 1.62. The van der Waals surface area contributed by atoms with Gasteiger partial charge in [0.25, 0.3) is 11.8 Å². The van der Waals surface area contributed by atoms with E-state index in [0.29, 0.717) is 17.5 Å². The van der Waals surface area contributed by atoms with Crippen LogP contribution in [0.25, 0.3) is 0 Å². The first-order valence-electron chi connectivity index (χ1n) is 14.2. The molecule has 0 aliphatic carbocycles. The van der Waals surface area contributed by atoms with Crippen LogP contribution >= 0.6 is 0 Å². The third-order valence-corrected chi connectivity index (χ3v) is 7.04. The minimum absolute atomic E-state index is 0.0601. The van der Waals surface area contributed by atoms with E-state index < -0.39 is 0 Å². The lowest BCUT2D eigenvalue weighted by atomic mass is 10.1. The Morgan fingerprint density at radius 2 is 1.19 bits per heavy atom. The highest BCUT2D eigenvalue weighted by Gasteiger charge is 2.17. The fourth-order valence-corrected chi connectivity index (χ4v) is 4.80. The molecule has 0 bridgehead atoms. The third-order valence-electron chi connectivity index (χ3n) is 7.04. The van der Waals surface area contributed by atoms with E-state index in [1.807, 2.05) is 4.90 Å². The van der Waals surface area contributed by atoms with Crippen LogP contribution in [0, 0.1) is 0 Å². The molecule has 1 fully saturated rings. The summed E-state index contributed by atoms with van der Waals surface area (Å²) in [5.74, 6) is -0.351. The van der Waals surface area contributed by atoms with Crippen LogP contribution in [0.4, 0.5) is 0 Å². The summed E-state index contributed by atoms with van der Waals surface area (Å²) in [4.78, 5) is 38.3. The summed E-state index contributed by atoms with van der Waals surface area (Å²) in [7, 11) is 0. The minimum Gasteiger partial charge on any atom is -0.370 e. The number of benzene rings is 1. The Morgan fingerprint density at radius 3 is 1.75 bits per heavy atom.